The van der Waals surface area contributed by atoms with Gasteiger partial charge in [0.05, 0.1) is 12.1 Å². The van der Waals surface area contributed by atoms with Crippen LogP contribution in [-0.4, -0.2) is 31.8 Å². The molecule has 3 nitrogen and oxygen atoms in total. The second-order valence-electron chi connectivity index (χ2n) is 5.85. The van der Waals surface area contributed by atoms with E-state index in [0.29, 0.717) is 18.2 Å². The Bertz CT molecular complexity index is 450. The molecule has 2 rings (SSSR count). The fraction of sp³-hybridized carbons (Fsp3) is 0.625. The Labute approximate surface area is 130 Å². The zero-order valence-corrected chi connectivity index (χ0v) is 14.4. The second kappa shape index (κ2) is 6.92. The van der Waals surface area contributed by atoms with Crippen molar-refractivity contribution in [3.8, 4) is 0 Å². The second-order valence-corrected chi connectivity index (χ2v) is 6.77. The van der Waals surface area contributed by atoms with E-state index in [0.717, 1.165) is 24.0 Å². The maximum Gasteiger partial charge on any atom is 0.0750 e. The van der Waals surface area contributed by atoms with E-state index < -0.39 is 0 Å². The molecule has 1 aromatic rings. The molecular formula is C16H25BrN2O. The highest BCUT2D eigenvalue weighted by atomic mass is 79.9. The highest BCUT2D eigenvalue weighted by molar-refractivity contribution is 9.10. The van der Waals surface area contributed by atoms with Crippen LogP contribution in [0.25, 0.3) is 0 Å². The minimum Gasteiger partial charge on any atom is -0.376 e. The average molecular weight is 341 g/mol. The molecule has 0 aromatic heterocycles. The van der Waals surface area contributed by atoms with Gasteiger partial charge in [-0.25, -0.2) is 0 Å². The van der Waals surface area contributed by atoms with Crippen molar-refractivity contribution in [1.82, 2.24) is 5.32 Å². The Morgan fingerprint density at radius 3 is 2.80 bits per heavy atom. The molecular weight excluding hydrogens is 316 g/mol. The van der Waals surface area contributed by atoms with E-state index in [1.807, 2.05) is 0 Å². The number of nitrogens with zero attached hydrogens (tertiary/aromatic N) is 1. The summed E-state index contributed by atoms with van der Waals surface area (Å²) in [5.74, 6) is 0. The third kappa shape index (κ3) is 3.74. The number of benzene rings is 1. The monoisotopic (exact) mass is 340 g/mol. The first-order valence-corrected chi connectivity index (χ1v) is 8.14. The lowest BCUT2D eigenvalue weighted by Gasteiger charge is -2.31. The summed E-state index contributed by atoms with van der Waals surface area (Å²) in [5.41, 5.74) is 2.62. The molecule has 2 atom stereocenters. The summed E-state index contributed by atoms with van der Waals surface area (Å²) in [6.07, 6.45) is 1.40. The van der Waals surface area contributed by atoms with Gasteiger partial charge in [0.2, 0.25) is 0 Å². The van der Waals surface area contributed by atoms with Gasteiger partial charge in [0.1, 0.15) is 0 Å². The zero-order chi connectivity index (χ0) is 14.7. The van der Waals surface area contributed by atoms with Gasteiger partial charge in [-0.05, 0) is 37.1 Å². The van der Waals surface area contributed by atoms with Gasteiger partial charge in [-0.3, -0.25) is 0 Å². The van der Waals surface area contributed by atoms with Gasteiger partial charge in [-0.1, -0.05) is 29.8 Å². The zero-order valence-electron chi connectivity index (χ0n) is 12.8. The van der Waals surface area contributed by atoms with E-state index in [9.17, 15) is 0 Å². The predicted octanol–water partition coefficient (Wildman–Crippen LogP) is 3.56. The quantitative estimate of drug-likeness (QED) is 0.886. The number of anilines is 1. The van der Waals surface area contributed by atoms with Gasteiger partial charge in [0.15, 0.2) is 0 Å². The summed E-state index contributed by atoms with van der Waals surface area (Å²) in [6, 6.07) is 7.48. The van der Waals surface area contributed by atoms with Crippen molar-refractivity contribution < 1.29 is 4.74 Å². The molecule has 0 amide bonds. The van der Waals surface area contributed by atoms with E-state index in [2.05, 4.69) is 72.2 Å². The molecule has 1 aliphatic rings. The van der Waals surface area contributed by atoms with Crippen LogP contribution in [0.5, 0.6) is 0 Å². The number of halogens is 1. The molecule has 4 heteroatoms. The summed E-state index contributed by atoms with van der Waals surface area (Å²) in [5, 5.41) is 3.51. The average Bonchev–Trinajstić information content (AvgIpc) is 2.82. The predicted molar refractivity (Wildman–Crippen MR) is 88.3 cm³/mol. The molecule has 0 aliphatic carbocycles. The van der Waals surface area contributed by atoms with Crippen LogP contribution in [0.2, 0.25) is 0 Å². The largest absolute Gasteiger partial charge is 0.376 e. The summed E-state index contributed by atoms with van der Waals surface area (Å²) >= 11 is 3.58. The fourth-order valence-electron chi connectivity index (χ4n) is 2.76. The van der Waals surface area contributed by atoms with Crippen molar-refractivity contribution in [2.24, 2.45) is 0 Å². The van der Waals surface area contributed by atoms with E-state index in [-0.39, 0.29) is 0 Å². The smallest absolute Gasteiger partial charge is 0.0750 e. The lowest BCUT2D eigenvalue weighted by molar-refractivity contribution is 0.118. The minimum absolute atomic E-state index is 0.301. The number of hydrogen-bond acceptors (Lipinski definition) is 3. The number of hydrogen-bond donors (Lipinski definition) is 1. The molecule has 1 fully saturated rings. The molecule has 0 saturated carbocycles. The summed E-state index contributed by atoms with van der Waals surface area (Å²) in [4.78, 5) is 2.38. The molecule has 1 N–H and O–H groups in total. The molecule has 20 heavy (non-hydrogen) atoms. The maximum absolute atomic E-state index is 5.70. The topological polar surface area (TPSA) is 24.5 Å². The van der Waals surface area contributed by atoms with Gasteiger partial charge in [-0.15, -0.1) is 0 Å². The van der Waals surface area contributed by atoms with Crippen LogP contribution in [0.1, 0.15) is 32.8 Å². The molecule has 0 spiro atoms. The Kier molecular flexibility index (Phi) is 5.47. The molecule has 112 valence electrons. The van der Waals surface area contributed by atoms with E-state index in [1.54, 1.807) is 0 Å². The van der Waals surface area contributed by atoms with Gasteiger partial charge < -0.3 is 15.0 Å². The Morgan fingerprint density at radius 2 is 2.20 bits per heavy atom. The van der Waals surface area contributed by atoms with E-state index in [1.165, 1.54) is 11.3 Å². The van der Waals surface area contributed by atoms with Crippen LogP contribution < -0.4 is 10.2 Å². The Hall–Kier alpha value is -0.580. The molecule has 0 bridgehead atoms. The standard InChI is InChI=1S/C16H25BrN2O/c1-11(2)18-10-13-9-14(17)5-6-16(13)19(4)15-7-8-20-12(15)3/h5-6,9,11-12,15,18H,7-8,10H2,1-4H3. The van der Waals surface area contributed by atoms with E-state index >= 15 is 0 Å². The summed E-state index contributed by atoms with van der Waals surface area (Å²) < 4.78 is 6.83. The van der Waals surface area contributed by atoms with E-state index in [4.69, 9.17) is 4.74 Å². The van der Waals surface area contributed by atoms with Gasteiger partial charge in [0.25, 0.3) is 0 Å². The van der Waals surface area contributed by atoms with Crippen molar-refractivity contribution in [3.05, 3.63) is 28.2 Å². The Morgan fingerprint density at radius 1 is 1.45 bits per heavy atom. The molecule has 1 aromatic carbocycles. The first-order chi connectivity index (χ1) is 9.49. The van der Waals surface area contributed by atoms with Crippen LogP contribution >= 0.6 is 15.9 Å². The summed E-state index contributed by atoms with van der Waals surface area (Å²) in [6.45, 7) is 8.27. The Balaban J connectivity index is 2.20. The van der Waals surface area contributed by atoms with Crippen LogP contribution in [0.4, 0.5) is 5.69 Å². The third-order valence-electron chi connectivity index (χ3n) is 3.96. The molecule has 0 radical (unpaired) electrons. The lowest BCUT2D eigenvalue weighted by Crippen LogP contribution is -2.37. The van der Waals surface area contributed by atoms with Crippen LogP contribution in [-0.2, 0) is 11.3 Å². The maximum atomic E-state index is 5.70. The van der Waals surface area contributed by atoms with Crippen molar-refractivity contribution in [2.45, 2.75) is 51.9 Å². The number of likely N-dealkylation sites (N-methyl/N-ethyl adjacent to an activating group) is 1. The summed E-state index contributed by atoms with van der Waals surface area (Å²) in [7, 11) is 2.18. The molecule has 1 saturated heterocycles. The minimum atomic E-state index is 0.301. The molecule has 1 heterocycles. The third-order valence-corrected chi connectivity index (χ3v) is 4.45. The number of ether oxygens (including phenoxy) is 1. The number of nitrogens with one attached hydrogen (secondary N) is 1. The van der Waals surface area contributed by atoms with Gasteiger partial charge >= 0.3 is 0 Å². The first kappa shape index (κ1) is 15.8. The highest BCUT2D eigenvalue weighted by Gasteiger charge is 2.28. The van der Waals surface area contributed by atoms with Crippen molar-refractivity contribution >= 4 is 21.6 Å². The van der Waals surface area contributed by atoms with Crippen molar-refractivity contribution in [1.29, 1.82) is 0 Å². The highest BCUT2D eigenvalue weighted by Crippen LogP contribution is 2.29. The molecule has 2 unspecified atom stereocenters. The van der Waals surface area contributed by atoms with Gasteiger partial charge in [-0.2, -0.15) is 0 Å². The fourth-order valence-corrected chi connectivity index (χ4v) is 3.17. The van der Waals surface area contributed by atoms with Crippen molar-refractivity contribution in [3.63, 3.8) is 0 Å². The molecule has 1 aliphatic heterocycles. The number of rotatable bonds is 5. The van der Waals surface area contributed by atoms with Crippen LogP contribution in [0.3, 0.4) is 0 Å². The van der Waals surface area contributed by atoms with Crippen LogP contribution in [0.15, 0.2) is 22.7 Å². The first-order valence-electron chi connectivity index (χ1n) is 7.35. The van der Waals surface area contributed by atoms with Crippen molar-refractivity contribution in [2.75, 3.05) is 18.6 Å². The van der Waals surface area contributed by atoms with Gasteiger partial charge in [0, 0.05) is 36.4 Å². The normalized spacial score (nSPS) is 22.5. The SMILES string of the molecule is CC(C)NCc1cc(Br)ccc1N(C)C1CCOC1C. The van der Waals surface area contributed by atoms with Crippen LogP contribution in [0, 0.1) is 0 Å². The lowest BCUT2D eigenvalue weighted by atomic mass is 10.1.